The summed E-state index contributed by atoms with van der Waals surface area (Å²) < 4.78 is 9.54. The summed E-state index contributed by atoms with van der Waals surface area (Å²) in [6.07, 6.45) is 8.56. The van der Waals surface area contributed by atoms with Crippen LogP contribution in [0.15, 0.2) is 24.7 Å². The van der Waals surface area contributed by atoms with E-state index in [2.05, 4.69) is 28.2 Å². The summed E-state index contributed by atoms with van der Waals surface area (Å²) >= 11 is 0. The fraction of sp³-hybridized carbons (Fsp3) is 0.517. The first kappa shape index (κ1) is 26.5. The van der Waals surface area contributed by atoms with Gasteiger partial charge in [-0.1, -0.05) is 0 Å². The van der Waals surface area contributed by atoms with E-state index >= 15 is 0 Å². The molecule has 11 heteroatoms. The maximum atomic E-state index is 10.1. The number of ether oxygens (including phenoxy) is 1. The Balaban J connectivity index is 1.39. The van der Waals surface area contributed by atoms with Crippen LogP contribution in [-0.2, 0) is 0 Å². The van der Waals surface area contributed by atoms with Crippen molar-refractivity contribution >= 4 is 28.6 Å². The standard InChI is InChI=1S/C29H38N8O3/c1-17-12-22(13-24(40-4)18(17)2)35-14-25(30-16-35)31-29-32-27(36-11-5-6-21(36)15-38)26-19(3)34-37(28(26)33-29)20-7-9-23(39)10-8-20/h12-14,16,20-21,23,38-39H,5-11,15H2,1-4H3,(H,31,32,33)/t20-,21-,23+/m0/s1. The molecule has 3 aromatic heterocycles. The number of nitrogens with one attached hydrogen (secondary N) is 1. The first-order chi connectivity index (χ1) is 19.4. The summed E-state index contributed by atoms with van der Waals surface area (Å²) in [5, 5.41) is 29.3. The highest BCUT2D eigenvalue weighted by atomic mass is 16.5. The fourth-order valence-corrected chi connectivity index (χ4v) is 6.12. The Hall–Kier alpha value is -3.70. The Kier molecular flexibility index (Phi) is 7.09. The third kappa shape index (κ3) is 4.77. The number of benzene rings is 1. The van der Waals surface area contributed by atoms with Crippen molar-refractivity contribution in [1.82, 2.24) is 29.3 Å². The van der Waals surface area contributed by atoms with Crippen molar-refractivity contribution in [1.29, 1.82) is 0 Å². The SMILES string of the molecule is COc1cc(-n2cnc(Nc3nc(N4CCC[C@H]4CO)c4c(C)nn([C@H]5CC[C@@H](O)CC5)c4n3)c2)cc(C)c1C. The van der Waals surface area contributed by atoms with Crippen LogP contribution < -0.4 is 15.0 Å². The van der Waals surface area contributed by atoms with Gasteiger partial charge in [-0.15, -0.1) is 0 Å². The molecule has 1 aliphatic heterocycles. The molecule has 2 aliphatic rings. The third-order valence-electron chi connectivity index (χ3n) is 8.52. The van der Waals surface area contributed by atoms with Crippen LogP contribution in [0.3, 0.4) is 0 Å². The normalized spacial score (nSPS) is 21.4. The van der Waals surface area contributed by atoms with E-state index in [-0.39, 0.29) is 24.8 Å². The number of aryl methyl sites for hydroxylation is 2. The molecule has 0 amide bonds. The summed E-state index contributed by atoms with van der Waals surface area (Å²) in [6, 6.07) is 4.28. The predicted molar refractivity (Wildman–Crippen MR) is 154 cm³/mol. The van der Waals surface area contributed by atoms with Gasteiger partial charge in [-0.05, 0) is 76.5 Å². The van der Waals surface area contributed by atoms with Crippen LogP contribution >= 0.6 is 0 Å². The molecule has 212 valence electrons. The molecule has 1 aromatic carbocycles. The van der Waals surface area contributed by atoms with E-state index in [0.717, 1.165) is 90.2 Å². The maximum absolute atomic E-state index is 10.1. The number of aliphatic hydroxyl groups excluding tert-OH is 2. The predicted octanol–water partition coefficient (Wildman–Crippen LogP) is 4.13. The molecule has 11 nitrogen and oxygen atoms in total. The van der Waals surface area contributed by atoms with E-state index in [9.17, 15) is 10.2 Å². The van der Waals surface area contributed by atoms with Gasteiger partial charge in [-0.25, -0.2) is 9.67 Å². The third-order valence-corrected chi connectivity index (χ3v) is 8.52. The molecule has 1 atom stereocenters. The number of aromatic nitrogens is 6. The molecule has 40 heavy (non-hydrogen) atoms. The molecule has 0 unspecified atom stereocenters. The summed E-state index contributed by atoms with van der Waals surface area (Å²) in [7, 11) is 1.68. The van der Waals surface area contributed by atoms with E-state index in [1.165, 1.54) is 0 Å². The molecule has 4 heterocycles. The minimum absolute atomic E-state index is 0.0116. The van der Waals surface area contributed by atoms with Gasteiger partial charge >= 0.3 is 0 Å². The van der Waals surface area contributed by atoms with Crippen molar-refractivity contribution in [3.05, 3.63) is 41.5 Å². The van der Waals surface area contributed by atoms with Crippen LogP contribution in [0.5, 0.6) is 5.75 Å². The highest BCUT2D eigenvalue weighted by molar-refractivity contribution is 5.91. The first-order valence-electron chi connectivity index (χ1n) is 14.1. The lowest BCUT2D eigenvalue weighted by Gasteiger charge is -2.27. The number of methoxy groups -OCH3 is 1. The maximum Gasteiger partial charge on any atom is 0.232 e. The highest BCUT2D eigenvalue weighted by Crippen LogP contribution is 2.37. The van der Waals surface area contributed by atoms with Gasteiger partial charge in [0.05, 0.1) is 54.9 Å². The summed E-state index contributed by atoms with van der Waals surface area (Å²) in [6.45, 7) is 7.01. The topological polar surface area (TPSA) is 126 Å². The van der Waals surface area contributed by atoms with Gasteiger partial charge in [0.1, 0.15) is 17.9 Å². The van der Waals surface area contributed by atoms with E-state index in [1.807, 2.05) is 35.4 Å². The second-order valence-corrected chi connectivity index (χ2v) is 11.1. The Bertz CT molecular complexity index is 1520. The molecule has 2 fully saturated rings. The van der Waals surface area contributed by atoms with Gasteiger partial charge in [-0.2, -0.15) is 15.1 Å². The molecular formula is C29H38N8O3. The van der Waals surface area contributed by atoms with Crippen LogP contribution in [0.25, 0.3) is 16.7 Å². The number of rotatable bonds is 7. The number of hydrogen-bond acceptors (Lipinski definition) is 9. The van der Waals surface area contributed by atoms with Crippen LogP contribution in [-0.4, -0.2) is 71.9 Å². The van der Waals surface area contributed by atoms with Gasteiger partial charge in [-0.3, -0.25) is 0 Å². The molecule has 0 radical (unpaired) electrons. The molecule has 1 saturated heterocycles. The van der Waals surface area contributed by atoms with Crippen molar-refractivity contribution < 1.29 is 14.9 Å². The summed E-state index contributed by atoms with van der Waals surface area (Å²) in [5.41, 5.74) is 4.85. The largest absolute Gasteiger partial charge is 0.496 e. The Labute approximate surface area is 233 Å². The Morgan fingerprint density at radius 2 is 1.88 bits per heavy atom. The zero-order valence-electron chi connectivity index (χ0n) is 23.6. The highest BCUT2D eigenvalue weighted by Gasteiger charge is 2.31. The lowest BCUT2D eigenvalue weighted by atomic mass is 9.93. The number of fused-ring (bicyclic) bond motifs is 1. The zero-order chi connectivity index (χ0) is 28.0. The van der Waals surface area contributed by atoms with E-state index in [1.54, 1.807) is 13.4 Å². The monoisotopic (exact) mass is 546 g/mol. The summed E-state index contributed by atoms with van der Waals surface area (Å²) in [5.74, 6) is 2.68. The van der Waals surface area contributed by atoms with Crippen molar-refractivity contribution in [2.75, 3.05) is 30.5 Å². The second kappa shape index (κ2) is 10.7. The van der Waals surface area contributed by atoms with E-state index in [4.69, 9.17) is 19.8 Å². The molecular weight excluding hydrogens is 508 g/mol. The molecule has 0 spiro atoms. The van der Waals surface area contributed by atoms with E-state index < -0.39 is 0 Å². The molecule has 0 bridgehead atoms. The van der Waals surface area contributed by atoms with Crippen LogP contribution in [0, 0.1) is 20.8 Å². The average Bonchev–Trinajstić information content (AvgIpc) is 3.69. The minimum Gasteiger partial charge on any atom is -0.496 e. The lowest BCUT2D eigenvalue weighted by Crippen LogP contribution is -2.33. The number of hydrogen-bond donors (Lipinski definition) is 3. The number of nitrogens with zero attached hydrogens (tertiary/aromatic N) is 7. The quantitative estimate of drug-likeness (QED) is 0.314. The van der Waals surface area contributed by atoms with Gasteiger partial charge in [0.2, 0.25) is 5.95 Å². The van der Waals surface area contributed by atoms with Crippen LogP contribution in [0.1, 0.15) is 61.4 Å². The van der Waals surface area contributed by atoms with Gasteiger partial charge in [0.25, 0.3) is 0 Å². The smallest absolute Gasteiger partial charge is 0.232 e. The minimum atomic E-state index is -0.246. The van der Waals surface area contributed by atoms with Crippen molar-refractivity contribution in [2.45, 2.75) is 77.5 Å². The van der Waals surface area contributed by atoms with E-state index in [0.29, 0.717) is 11.8 Å². The van der Waals surface area contributed by atoms with Crippen LogP contribution in [0.4, 0.5) is 17.6 Å². The zero-order valence-corrected chi connectivity index (χ0v) is 23.6. The summed E-state index contributed by atoms with van der Waals surface area (Å²) in [4.78, 5) is 16.7. The van der Waals surface area contributed by atoms with Gasteiger partial charge in [0, 0.05) is 12.6 Å². The van der Waals surface area contributed by atoms with Crippen LogP contribution in [0.2, 0.25) is 0 Å². The molecule has 1 saturated carbocycles. The van der Waals surface area contributed by atoms with Gasteiger partial charge < -0.3 is 29.7 Å². The molecule has 4 aromatic rings. The lowest BCUT2D eigenvalue weighted by molar-refractivity contribution is 0.109. The Morgan fingerprint density at radius 1 is 1.07 bits per heavy atom. The van der Waals surface area contributed by atoms with Crippen molar-refractivity contribution in [2.24, 2.45) is 0 Å². The number of anilines is 3. The fourth-order valence-electron chi connectivity index (χ4n) is 6.12. The van der Waals surface area contributed by atoms with Crippen molar-refractivity contribution in [3.8, 4) is 11.4 Å². The Morgan fingerprint density at radius 3 is 2.62 bits per heavy atom. The molecule has 1 aliphatic carbocycles. The molecule has 3 N–H and O–H groups in total. The van der Waals surface area contributed by atoms with Gasteiger partial charge in [0.15, 0.2) is 11.5 Å². The molecule has 6 rings (SSSR count). The second-order valence-electron chi connectivity index (χ2n) is 11.1. The van der Waals surface area contributed by atoms with Crippen molar-refractivity contribution in [3.63, 3.8) is 0 Å². The number of imidazole rings is 1. The average molecular weight is 547 g/mol. The first-order valence-corrected chi connectivity index (χ1v) is 14.1. The number of aliphatic hydroxyl groups is 2.